The fourth-order valence-corrected chi connectivity index (χ4v) is 9.12. The molecule has 12 heteroatoms. The summed E-state index contributed by atoms with van der Waals surface area (Å²) in [6.45, 7) is 4.49. The highest BCUT2D eigenvalue weighted by Gasteiger charge is 2.32. The van der Waals surface area contributed by atoms with Crippen molar-refractivity contribution >= 4 is 34.8 Å². The molecule has 0 atom stereocenters. The molecule has 304 valence electrons. The molecule has 2 aromatic carbocycles. The summed E-state index contributed by atoms with van der Waals surface area (Å²) in [5.74, 6) is 0. The molecule has 2 aliphatic heterocycles. The summed E-state index contributed by atoms with van der Waals surface area (Å²) in [5, 5.41) is 24.0. The third-order valence-corrected chi connectivity index (χ3v) is 12.1. The van der Waals surface area contributed by atoms with Crippen molar-refractivity contribution in [2.24, 2.45) is 9.98 Å². The minimum absolute atomic E-state index is 0.204. The van der Waals surface area contributed by atoms with Gasteiger partial charge in [0.1, 0.15) is 0 Å². The molecule has 0 spiro atoms. The number of hydrogen-bond donors (Lipinski definition) is 3. The number of benzene rings is 2. The Kier molecular flexibility index (Phi) is 17.9. The lowest BCUT2D eigenvalue weighted by Gasteiger charge is -2.42. The van der Waals surface area contributed by atoms with Crippen LogP contribution in [0.2, 0.25) is 0 Å². The fraction of sp³-hybridized carbons (Fsp3) is 0.636. The van der Waals surface area contributed by atoms with Crippen LogP contribution in [-0.2, 0) is 9.47 Å². The number of aliphatic imine (C=N–C) groups is 2. The smallest absolute Gasteiger partial charge is 0.307 e. The lowest BCUT2D eigenvalue weighted by molar-refractivity contribution is 0.130. The number of nitrogens with zero attached hydrogens (tertiary/aromatic N) is 7. The molecule has 12 nitrogen and oxygen atoms in total. The molecule has 2 aromatic rings. The van der Waals surface area contributed by atoms with Gasteiger partial charge in [0, 0.05) is 50.3 Å². The first-order valence-electron chi connectivity index (χ1n) is 21.3. The molecule has 0 amide bonds. The first-order chi connectivity index (χ1) is 27.5. The highest BCUT2D eigenvalue weighted by Crippen LogP contribution is 2.32. The number of para-hydroxylation sites is 4. The molecule has 0 aromatic heterocycles. The van der Waals surface area contributed by atoms with Crippen molar-refractivity contribution in [2.75, 3.05) is 56.3 Å². The van der Waals surface area contributed by atoms with E-state index >= 15 is 0 Å². The summed E-state index contributed by atoms with van der Waals surface area (Å²) in [5.41, 5.74) is 9.55. The van der Waals surface area contributed by atoms with E-state index in [0.29, 0.717) is 17.8 Å². The first-order valence-corrected chi connectivity index (χ1v) is 21.3. The average Bonchev–Trinajstić information content (AvgIpc) is 3.20. The van der Waals surface area contributed by atoms with Crippen molar-refractivity contribution in [2.45, 2.75) is 140 Å². The zero-order valence-corrected chi connectivity index (χ0v) is 34.0. The Hall–Kier alpha value is -4.52. The maximum atomic E-state index is 9.11. The zero-order chi connectivity index (χ0) is 39.4. The van der Waals surface area contributed by atoms with Gasteiger partial charge in [0.05, 0.1) is 37.0 Å². The first kappa shape index (κ1) is 42.6. The Labute approximate surface area is 336 Å². The molecular weight excluding hydrogens is 701 g/mol. The van der Waals surface area contributed by atoms with Crippen LogP contribution < -0.4 is 21.3 Å². The predicted molar refractivity (Wildman–Crippen MR) is 228 cm³/mol. The minimum atomic E-state index is 0.204. The summed E-state index contributed by atoms with van der Waals surface area (Å²) in [7, 11) is 3.07. The van der Waals surface area contributed by atoms with Crippen molar-refractivity contribution in [3.05, 3.63) is 48.5 Å². The van der Waals surface area contributed by atoms with Crippen LogP contribution in [0.1, 0.15) is 116 Å². The fourth-order valence-electron chi connectivity index (χ4n) is 9.12. The average molecular weight is 767 g/mol. The number of nitrogen functional groups attached to an aromatic ring is 1. The van der Waals surface area contributed by atoms with E-state index in [1.807, 2.05) is 65.8 Å². The number of ether oxygens (including phenoxy) is 2. The molecule has 0 radical (unpaired) electrons. The number of nitrogens with two attached hydrogens (primary N) is 1. The lowest BCUT2D eigenvalue weighted by atomic mass is 9.93. The third-order valence-electron chi connectivity index (χ3n) is 12.1. The number of piperidine rings is 2. The van der Waals surface area contributed by atoms with Crippen LogP contribution in [0.15, 0.2) is 58.5 Å². The number of rotatable bonds is 7. The van der Waals surface area contributed by atoms with E-state index in [0.717, 1.165) is 67.9 Å². The van der Waals surface area contributed by atoms with Gasteiger partial charge in [-0.25, -0.2) is 5.32 Å². The number of nitriles is 2. The monoisotopic (exact) mass is 767 g/mol. The van der Waals surface area contributed by atoms with Gasteiger partial charge in [-0.05, 0) is 75.6 Å². The number of nitrogens with one attached hydrogen (secondary N) is 2. The van der Waals surface area contributed by atoms with Crippen molar-refractivity contribution < 1.29 is 9.47 Å². The van der Waals surface area contributed by atoms with Gasteiger partial charge in [-0.2, -0.15) is 15.5 Å². The molecule has 2 aliphatic carbocycles. The second-order valence-electron chi connectivity index (χ2n) is 15.7. The van der Waals surface area contributed by atoms with Crippen molar-refractivity contribution in [3.63, 3.8) is 0 Å². The van der Waals surface area contributed by atoms with Gasteiger partial charge >= 0.3 is 12.0 Å². The molecule has 4 fully saturated rings. The van der Waals surface area contributed by atoms with Gasteiger partial charge in [-0.1, -0.05) is 88.5 Å². The van der Waals surface area contributed by atoms with Crippen LogP contribution in [0.3, 0.4) is 0 Å². The molecule has 4 N–H and O–H groups in total. The van der Waals surface area contributed by atoms with E-state index in [1.165, 1.54) is 110 Å². The van der Waals surface area contributed by atoms with E-state index in [2.05, 4.69) is 30.4 Å². The highest BCUT2D eigenvalue weighted by atomic mass is 16.5. The molecule has 6 rings (SSSR count). The topological polar surface area (TPSA) is 151 Å². The second kappa shape index (κ2) is 23.5. The Bertz CT molecular complexity index is 1590. The molecular formula is C44H66N10O2. The summed E-state index contributed by atoms with van der Waals surface area (Å²) < 4.78 is 10.6. The van der Waals surface area contributed by atoms with Crippen LogP contribution in [0.25, 0.3) is 0 Å². The number of likely N-dealkylation sites (tertiary alicyclic amines) is 2. The summed E-state index contributed by atoms with van der Waals surface area (Å²) in [6, 6.07) is 18.4. The number of methoxy groups -OCH3 is 2. The van der Waals surface area contributed by atoms with E-state index < -0.39 is 0 Å². The van der Waals surface area contributed by atoms with E-state index in [4.69, 9.17) is 25.7 Å². The number of anilines is 3. The summed E-state index contributed by atoms with van der Waals surface area (Å²) in [6.07, 6.45) is 27.4. The van der Waals surface area contributed by atoms with Crippen LogP contribution in [-0.4, -0.2) is 86.4 Å². The number of amidine groups is 2. The van der Waals surface area contributed by atoms with Gasteiger partial charge in [-0.15, -0.1) is 4.99 Å². The Morgan fingerprint density at radius 1 is 0.714 bits per heavy atom. The predicted octanol–water partition coefficient (Wildman–Crippen LogP) is 8.52. The Morgan fingerprint density at radius 2 is 1.25 bits per heavy atom. The molecule has 0 unspecified atom stereocenters. The van der Waals surface area contributed by atoms with Gasteiger partial charge in [0.25, 0.3) is 0 Å². The third kappa shape index (κ3) is 12.8. The van der Waals surface area contributed by atoms with E-state index in [-0.39, 0.29) is 12.1 Å². The SMILES string of the molecule is COC(=NC#N)N(c1ccccc1N)C1CCN(C2CCCCCCC2)CC1.COC(=Nc1ccccc1NC1CCN(C2CCCCCCC2)CC1)NC#N. The van der Waals surface area contributed by atoms with Crippen molar-refractivity contribution in [1.29, 1.82) is 10.5 Å². The molecule has 2 saturated carbocycles. The summed E-state index contributed by atoms with van der Waals surface area (Å²) in [4.78, 5) is 15.8. The second-order valence-corrected chi connectivity index (χ2v) is 15.7. The van der Waals surface area contributed by atoms with Crippen LogP contribution >= 0.6 is 0 Å². The molecule has 4 aliphatic rings. The molecule has 2 saturated heterocycles. The lowest BCUT2D eigenvalue weighted by Crippen LogP contribution is -2.50. The van der Waals surface area contributed by atoms with Crippen LogP contribution in [0, 0.1) is 22.9 Å². The van der Waals surface area contributed by atoms with Gasteiger partial charge in [0.15, 0.2) is 6.19 Å². The standard InChI is InChI=1S/2C22H33N5O/c1-28-22(24-17-23)26-21-12-8-7-11-20(21)25-18-13-15-27(16-14-18)19-9-5-3-2-4-6-10-19;1-28-22(25-17-23)27(21-12-8-7-11-20(21)24)19-13-15-26(16-14-19)18-9-5-3-2-4-6-10-18/h7-8,11-12,18-19,25H,2-6,9-10,13-16H2,1H3,(H,24,26);7-8,11-12,18-19H,2-6,9-10,13-16,24H2,1H3. The highest BCUT2D eigenvalue weighted by molar-refractivity contribution is 5.96. The van der Waals surface area contributed by atoms with Gasteiger partial charge in [0.2, 0.25) is 6.19 Å². The van der Waals surface area contributed by atoms with E-state index in [9.17, 15) is 0 Å². The van der Waals surface area contributed by atoms with Crippen LogP contribution in [0.4, 0.5) is 22.7 Å². The number of hydrogen-bond acceptors (Lipinski definition) is 10. The van der Waals surface area contributed by atoms with Gasteiger partial charge in [-0.3, -0.25) is 4.90 Å². The molecule has 56 heavy (non-hydrogen) atoms. The minimum Gasteiger partial charge on any atom is -0.468 e. The van der Waals surface area contributed by atoms with Crippen molar-refractivity contribution in [1.82, 2.24) is 15.1 Å². The summed E-state index contributed by atoms with van der Waals surface area (Å²) >= 11 is 0. The Balaban J connectivity index is 0.000000214. The molecule has 0 bridgehead atoms. The van der Waals surface area contributed by atoms with Crippen molar-refractivity contribution in [3.8, 4) is 12.4 Å². The van der Waals surface area contributed by atoms with E-state index in [1.54, 1.807) is 7.11 Å². The Morgan fingerprint density at radius 3 is 1.79 bits per heavy atom. The molecule has 2 heterocycles. The quantitative estimate of drug-likeness (QED) is 0.0823. The maximum absolute atomic E-state index is 9.11. The zero-order valence-electron chi connectivity index (χ0n) is 34.0. The maximum Gasteiger partial charge on any atom is 0.307 e. The van der Waals surface area contributed by atoms with Crippen LogP contribution in [0.5, 0.6) is 0 Å². The largest absolute Gasteiger partial charge is 0.468 e. The normalized spacial score (nSPS) is 20.7. The van der Waals surface area contributed by atoms with Gasteiger partial charge < -0.3 is 30.3 Å².